The van der Waals surface area contributed by atoms with Gasteiger partial charge in [0, 0.05) is 56.9 Å². The van der Waals surface area contributed by atoms with Gasteiger partial charge in [-0.2, -0.15) is 0 Å². The molecule has 1 aromatic heterocycles. The molecule has 1 aromatic carbocycles. The van der Waals surface area contributed by atoms with Crippen molar-refractivity contribution in [1.29, 1.82) is 0 Å². The van der Waals surface area contributed by atoms with Gasteiger partial charge in [0.05, 0.1) is 17.4 Å². The van der Waals surface area contributed by atoms with Gasteiger partial charge >= 0.3 is 0 Å². The quantitative estimate of drug-likeness (QED) is 0.905. The van der Waals surface area contributed by atoms with Gasteiger partial charge in [-0.3, -0.25) is 14.6 Å². The highest BCUT2D eigenvalue weighted by Gasteiger charge is 2.37. The Morgan fingerprint density at radius 2 is 1.67 bits per heavy atom. The van der Waals surface area contributed by atoms with Crippen LogP contribution in [0.1, 0.15) is 42.5 Å². The molecule has 144 valence electrons. The number of H-pyrrole nitrogens is 1. The van der Waals surface area contributed by atoms with Crippen molar-refractivity contribution in [2.75, 3.05) is 39.3 Å². The van der Waals surface area contributed by atoms with Crippen molar-refractivity contribution in [3.63, 3.8) is 0 Å². The molecule has 0 radical (unpaired) electrons. The summed E-state index contributed by atoms with van der Waals surface area (Å²) in [4.78, 5) is 27.4. The average molecular weight is 367 g/mol. The van der Waals surface area contributed by atoms with Crippen molar-refractivity contribution < 1.29 is 4.79 Å². The first kappa shape index (κ1) is 17.2. The summed E-state index contributed by atoms with van der Waals surface area (Å²) < 4.78 is 0. The number of rotatable bonds is 3. The summed E-state index contributed by atoms with van der Waals surface area (Å²) in [5.41, 5.74) is 2.59. The van der Waals surface area contributed by atoms with E-state index < -0.39 is 0 Å². The van der Waals surface area contributed by atoms with Crippen molar-refractivity contribution in [1.82, 2.24) is 24.7 Å². The van der Waals surface area contributed by atoms with Crippen molar-refractivity contribution >= 4 is 16.9 Å². The number of hydrogen-bond acceptors (Lipinski definition) is 4. The molecule has 0 atom stereocenters. The minimum atomic E-state index is 0.142. The number of nitrogens with zero attached hydrogens (tertiary/aromatic N) is 4. The third-order valence-corrected chi connectivity index (χ3v) is 6.77. The number of nitrogens with one attached hydrogen (secondary N) is 1. The molecule has 2 saturated heterocycles. The number of carbonyl (C=O) groups excluding carboxylic acids is 1. The van der Waals surface area contributed by atoms with Crippen LogP contribution >= 0.6 is 0 Å². The molecule has 2 aliphatic heterocycles. The van der Waals surface area contributed by atoms with E-state index in [0.29, 0.717) is 6.04 Å². The maximum Gasteiger partial charge on any atom is 0.254 e. The Labute approximate surface area is 160 Å². The van der Waals surface area contributed by atoms with Gasteiger partial charge in [0.15, 0.2) is 0 Å². The largest absolute Gasteiger partial charge is 0.345 e. The van der Waals surface area contributed by atoms with E-state index in [9.17, 15) is 4.79 Å². The second-order valence-corrected chi connectivity index (χ2v) is 8.36. The van der Waals surface area contributed by atoms with E-state index in [4.69, 9.17) is 0 Å². The summed E-state index contributed by atoms with van der Waals surface area (Å²) in [6, 6.07) is 7.10. The Bertz CT molecular complexity index is 798. The van der Waals surface area contributed by atoms with E-state index in [1.54, 1.807) is 6.33 Å². The van der Waals surface area contributed by atoms with Crippen molar-refractivity contribution in [3.8, 4) is 0 Å². The zero-order chi connectivity index (χ0) is 18.2. The summed E-state index contributed by atoms with van der Waals surface area (Å²) in [6.07, 6.45) is 8.71. The van der Waals surface area contributed by atoms with Crippen LogP contribution in [-0.4, -0.2) is 81.9 Å². The van der Waals surface area contributed by atoms with E-state index >= 15 is 0 Å². The second-order valence-electron chi connectivity index (χ2n) is 8.36. The Morgan fingerprint density at radius 1 is 0.963 bits per heavy atom. The maximum atomic E-state index is 12.7. The first-order valence-electron chi connectivity index (χ1n) is 10.5. The lowest BCUT2D eigenvalue weighted by Gasteiger charge is -2.49. The van der Waals surface area contributed by atoms with Crippen LogP contribution in [0.15, 0.2) is 24.5 Å². The molecule has 0 spiro atoms. The number of aromatic amines is 1. The van der Waals surface area contributed by atoms with Crippen LogP contribution in [0.2, 0.25) is 0 Å². The number of aromatic nitrogens is 2. The molecule has 1 aliphatic carbocycles. The SMILES string of the molecule is O=C(c1ccc2nc[nH]c2c1)N1CC(N2CCN(C3CCCCC3)CC2)C1. The molecule has 5 rings (SSSR count). The number of piperazine rings is 1. The lowest BCUT2D eigenvalue weighted by molar-refractivity contribution is -0.00262. The predicted molar refractivity (Wildman–Crippen MR) is 106 cm³/mol. The second kappa shape index (κ2) is 7.24. The van der Waals surface area contributed by atoms with E-state index in [-0.39, 0.29) is 5.91 Å². The maximum absolute atomic E-state index is 12.7. The fourth-order valence-corrected chi connectivity index (χ4v) is 5.02. The molecule has 2 aromatic rings. The average Bonchev–Trinajstić information content (AvgIpc) is 3.16. The minimum absolute atomic E-state index is 0.142. The molecule has 0 bridgehead atoms. The van der Waals surface area contributed by atoms with Gasteiger partial charge in [0.25, 0.3) is 5.91 Å². The van der Waals surface area contributed by atoms with E-state index in [1.807, 2.05) is 23.1 Å². The molecule has 1 N–H and O–H groups in total. The van der Waals surface area contributed by atoms with Crippen LogP contribution in [0.5, 0.6) is 0 Å². The number of hydrogen-bond donors (Lipinski definition) is 1. The van der Waals surface area contributed by atoms with Crippen LogP contribution in [0.25, 0.3) is 11.0 Å². The fraction of sp³-hybridized carbons (Fsp3) is 0.619. The third-order valence-electron chi connectivity index (χ3n) is 6.77. The first-order chi connectivity index (χ1) is 13.3. The minimum Gasteiger partial charge on any atom is -0.345 e. The Balaban J connectivity index is 1.12. The summed E-state index contributed by atoms with van der Waals surface area (Å²) in [6.45, 7) is 6.44. The van der Waals surface area contributed by atoms with Gasteiger partial charge in [0.1, 0.15) is 0 Å². The fourth-order valence-electron chi connectivity index (χ4n) is 5.02. The lowest BCUT2D eigenvalue weighted by atomic mass is 9.93. The van der Waals surface area contributed by atoms with Gasteiger partial charge < -0.3 is 9.88 Å². The van der Waals surface area contributed by atoms with Gasteiger partial charge in [-0.05, 0) is 31.0 Å². The molecule has 3 heterocycles. The highest BCUT2D eigenvalue weighted by molar-refractivity contribution is 5.97. The number of carbonyl (C=O) groups is 1. The lowest BCUT2D eigenvalue weighted by Crippen LogP contribution is -2.64. The smallest absolute Gasteiger partial charge is 0.254 e. The molecule has 1 saturated carbocycles. The van der Waals surface area contributed by atoms with Crippen LogP contribution in [0.3, 0.4) is 0 Å². The van der Waals surface area contributed by atoms with E-state index in [1.165, 1.54) is 45.2 Å². The standard InChI is InChI=1S/C21H29N5O/c27-21(16-6-7-19-20(12-16)23-15-22-19)26-13-18(14-26)25-10-8-24(9-11-25)17-4-2-1-3-5-17/h6-7,12,15,17-18H,1-5,8-11,13-14H2,(H,22,23). The number of benzene rings is 1. The molecule has 3 aliphatic rings. The van der Waals surface area contributed by atoms with E-state index in [2.05, 4.69) is 19.8 Å². The first-order valence-corrected chi connectivity index (χ1v) is 10.5. The van der Waals surface area contributed by atoms with Gasteiger partial charge in [-0.25, -0.2) is 4.98 Å². The molecular formula is C21H29N5O. The van der Waals surface area contributed by atoms with Crippen LogP contribution in [0.4, 0.5) is 0 Å². The zero-order valence-electron chi connectivity index (χ0n) is 15.9. The van der Waals surface area contributed by atoms with Crippen LogP contribution in [-0.2, 0) is 0 Å². The summed E-state index contributed by atoms with van der Waals surface area (Å²) in [5, 5.41) is 0. The molecular weight excluding hydrogens is 338 g/mol. The third kappa shape index (κ3) is 3.36. The van der Waals surface area contributed by atoms with Gasteiger partial charge in [-0.1, -0.05) is 19.3 Å². The Hall–Kier alpha value is -1.92. The van der Waals surface area contributed by atoms with Crippen LogP contribution < -0.4 is 0 Å². The number of likely N-dealkylation sites (tertiary alicyclic amines) is 1. The molecule has 6 heteroatoms. The predicted octanol–water partition coefficient (Wildman–Crippen LogP) is 2.34. The molecule has 6 nitrogen and oxygen atoms in total. The normalized spacial score (nSPS) is 23.6. The summed E-state index contributed by atoms with van der Waals surface area (Å²) >= 11 is 0. The number of amides is 1. The summed E-state index contributed by atoms with van der Waals surface area (Å²) in [7, 11) is 0. The summed E-state index contributed by atoms with van der Waals surface area (Å²) in [5.74, 6) is 0.142. The molecule has 27 heavy (non-hydrogen) atoms. The number of imidazole rings is 1. The highest BCUT2D eigenvalue weighted by Crippen LogP contribution is 2.25. The molecule has 1 amide bonds. The van der Waals surface area contributed by atoms with Crippen LogP contribution in [0, 0.1) is 0 Å². The van der Waals surface area contributed by atoms with Crippen molar-refractivity contribution in [2.45, 2.75) is 44.2 Å². The van der Waals surface area contributed by atoms with Gasteiger partial charge in [-0.15, -0.1) is 0 Å². The monoisotopic (exact) mass is 367 g/mol. The molecule has 0 unspecified atom stereocenters. The van der Waals surface area contributed by atoms with Crippen molar-refractivity contribution in [3.05, 3.63) is 30.1 Å². The zero-order valence-corrected chi connectivity index (χ0v) is 15.9. The Kier molecular flexibility index (Phi) is 4.61. The topological polar surface area (TPSA) is 55.5 Å². The molecule has 3 fully saturated rings. The van der Waals surface area contributed by atoms with Crippen molar-refractivity contribution in [2.24, 2.45) is 0 Å². The number of fused-ring (bicyclic) bond motifs is 1. The highest BCUT2D eigenvalue weighted by atomic mass is 16.2. The van der Waals surface area contributed by atoms with E-state index in [0.717, 1.165) is 48.8 Å². The van der Waals surface area contributed by atoms with Gasteiger partial charge in [0.2, 0.25) is 0 Å². The Morgan fingerprint density at radius 3 is 2.41 bits per heavy atom.